The topological polar surface area (TPSA) is 237 Å². The number of aliphatic hydroxyl groups is 1. The number of aliphatic hydroxyl groups excluding tert-OH is 1. The molecule has 0 aliphatic heterocycles. The lowest BCUT2D eigenvalue weighted by atomic mass is 10.00. The van der Waals surface area contributed by atoms with Crippen molar-refractivity contribution in [3.8, 4) is 0 Å². The molecule has 0 fully saturated rings. The van der Waals surface area contributed by atoms with Crippen molar-refractivity contribution in [2.45, 2.75) is 394 Å². The van der Waals surface area contributed by atoms with Crippen molar-refractivity contribution in [3.05, 3.63) is 0 Å². The first-order chi connectivity index (χ1) is 44.4. The third kappa shape index (κ3) is 65.4. The lowest BCUT2D eigenvalue weighted by molar-refractivity contribution is -0.161. The number of hydrogen-bond donors (Lipinski definition) is 3. The van der Waals surface area contributed by atoms with E-state index in [0.717, 1.165) is 102 Å². The molecule has 19 heteroatoms. The van der Waals surface area contributed by atoms with E-state index in [0.29, 0.717) is 31.6 Å². The summed E-state index contributed by atoms with van der Waals surface area (Å²) in [6.45, 7) is 9.42. The third-order valence-electron chi connectivity index (χ3n) is 17.3. The van der Waals surface area contributed by atoms with E-state index < -0.39 is 97.5 Å². The molecule has 0 bridgehead atoms. The Labute approximate surface area is 562 Å². The molecule has 17 nitrogen and oxygen atoms in total. The highest BCUT2D eigenvalue weighted by Gasteiger charge is 2.30. The van der Waals surface area contributed by atoms with Gasteiger partial charge in [-0.05, 0) is 37.5 Å². The number of phosphoric acid groups is 2. The van der Waals surface area contributed by atoms with Crippen LogP contribution in [-0.4, -0.2) is 96.7 Å². The molecule has 3 N–H and O–H groups in total. The molecule has 0 aliphatic rings. The van der Waals surface area contributed by atoms with E-state index >= 15 is 0 Å². The van der Waals surface area contributed by atoms with E-state index in [9.17, 15) is 43.2 Å². The summed E-state index contributed by atoms with van der Waals surface area (Å²) in [5.74, 6) is -0.728. The van der Waals surface area contributed by atoms with E-state index in [2.05, 4.69) is 41.5 Å². The summed E-state index contributed by atoms with van der Waals surface area (Å²) in [4.78, 5) is 72.5. The highest BCUT2D eigenvalue weighted by Crippen LogP contribution is 2.45. The van der Waals surface area contributed by atoms with Crippen LogP contribution < -0.4 is 0 Å². The number of hydrogen-bond acceptors (Lipinski definition) is 15. The van der Waals surface area contributed by atoms with Gasteiger partial charge in [0, 0.05) is 25.7 Å². The molecule has 0 aromatic carbocycles. The first-order valence-electron chi connectivity index (χ1n) is 38.0. The number of ether oxygens (including phenoxy) is 4. The van der Waals surface area contributed by atoms with Crippen LogP contribution in [0.4, 0.5) is 0 Å². The van der Waals surface area contributed by atoms with Crippen LogP contribution in [0.25, 0.3) is 0 Å². The van der Waals surface area contributed by atoms with Gasteiger partial charge in [-0.3, -0.25) is 37.3 Å². The second-order valence-corrected chi connectivity index (χ2v) is 30.0. The molecule has 0 saturated carbocycles. The van der Waals surface area contributed by atoms with Gasteiger partial charge in [-0.2, -0.15) is 0 Å². The van der Waals surface area contributed by atoms with Crippen molar-refractivity contribution >= 4 is 39.5 Å². The minimum absolute atomic E-state index is 0.102. The average molecular weight is 1350 g/mol. The molecule has 0 heterocycles. The highest BCUT2D eigenvalue weighted by molar-refractivity contribution is 7.47. The first-order valence-corrected chi connectivity index (χ1v) is 41.0. The third-order valence-corrected chi connectivity index (χ3v) is 19.2. The Morgan fingerprint density at radius 2 is 0.554 bits per heavy atom. The fourth-order valence-electron chi connectivity index (χ4n) is 11.1. The quantitative estimate of drug-likeness (QED) is 0.0222. The van der Waals surface area contributed by atoms with Gasteiger partial charge in [-0.1, -0.05) is 324 Å². The standard InChI is InChI=1S/C73H142O17P2/c1-7-10-12-14-16-18-20-21-22-23-24-25-26-27-28-29-30-32-34-36-45-51-57-72(77)89-68(61-83-70(75)55-49-43-35-33-31-19-17-15-13-11-8-2)63-87-91(79,80)85-59-67(74)60-86-92(81,82)88-64-69(62-84-71(76)56-50-44-39-37-41-47-53-65(4)5)90-73(78)58-52-46-40-38-42-48-54-66(6)9-3/h65-69,74H,7-64H2,1-6H3,(H,79,80)(H,81,82)/t66?,67-,68-,69-/m1/s1. The first kappa shape index (κ1) is 90.1. The van der Waals surface area contributed by atoms with Crippen LogP contribution in [0.1, 0.15) is 375 Å². The van der Waals surface area contributed by atoms with Gasteiger partial charge in [-0.15, -0.1) is 0 Å². The van der Waals surface area contributed by atoms with Crippen LogP contribution >= 0.6 is 15.6 Å². The minimum Gasteiger partial charge on any atom is -0.462 e. The van der Waals surface area contributed by atoms with E-state index in [1.807, 2.05) is 0 Å². The number of carbonyl (C=O) groups is 4. The lowest BCUT2D eigenvalue weighted by Gasteiger charge is -2.21. The fraction of sp³-hybridized carbons (Fsp3) is 0.945. The molecule has 0 aromatic heterocycles. The Balaban J connectivity index is 5.14. The van der Waals surface area contributed by atoms with Crippen LogP contribution in [0.2, 0.25) is 0 Å². The zero-order valence-corrected chi connectivity index (χ0v) is 61.6. The predicted octanol–water partition coefficient (Wildman–Crippen LogP) is 21.2. The summed E-state index contributed by atoms with van der Waals surface area (Å²) in [6, 6.07) is 0. The number of carbonyl (C=O) groups excluding carboxylic acids is 4. The van der Waals surface area contributed by atoms with Gasteiger partial charge in [0.25, 0.3) is 0 Å². The molecule has 6 atom stereocenters. The zero-order chi connectivity index (χ0) is 67.9. The van der Waals surface area contributed by atoms with Crippen molar-refractivity contribution in [1.29, 1.82) is 0 Å². The van der Waals surface area contributed by atoms with Gasteiger partial charge >= 0.3 is 39.5 Å². The van der Waals surface area contributed by atoms with Crippen LogP contribution in [0.15, 0.2) is 0 Å². The van der Waals surface area contributed by atoms with Gasteiger partial charge in [0.15, 0.2) is 12.2 Å². The van der Waals surface area contributed by atoms with Gasteiger partial charge in [0.2, 0.25) is 0 Å². The van der Waals surface area contributed by atoms with Crippen LogP contribution in [0.3, 0.4) is 0 Å². The van der Waals surface area contributed by atoms with E-state index in [-0.39, 0.29) is 25.7 Å². The molecule has 0 amide bonds. The molecular formula is C73H142O17P2. The summed E-state index contributed by atoms with van der Waals surface area (Å²) in [6.07, 6.45) is 51.8. The maximum absolute atomic E-state index is 13.0. The second-order valence-electron chi connectivity index (χ2n) is 27.1. The number of unbranched alkanes of at least 4 members (excludes halogenated alkanes) is 41. The molecule has 0 spiro atoms. The SMILES string of the molecule is CCCCCCCCCCCCCCCCCCCCCCCCC(=O)O[C@H](COC(=O)CCCCCCCCCCCCC)COP(=O)(O)OC[C@@H](O)COP(=O)(O)OC[C@@H](COC(=O)CCCCCCCCC(C)C)OC(=O)CCCCCCCCC(C)CC. The molecular weight excluding hydrogens is 1210 g/mol. The van der Waals surface area contributed by atoms with Crippen molar-refractivity contribution < 1.29 is 80.2 Å². The molecule has 0 radical (unpaired) electrons. The minimum atomic E-state index is -4.95. The maximum Gasteiger partial charge on any atom is 0.472 e. The Morgan fingerprint density at radius 1 is 0.315 bits per heavy atom. The van der Waals surface area contributed by atoms with Gasteiger partial charge in [0.1, 0.15) is 19.3 Å². The summed E-state index contributed by atoms with van der Waals surface area (Å²) in [5, 5.41) is 10.6. The smallest absolute Gasteiger partial charge is 0.462 e. The van der Waals surface area contributed by atoms with Crippen molar-refractivity contribution in [2.75, 3.05) is 39.6 Å². The fourth-order valence-corrected chi connectivity index (χ4v) is 12.7. The average Bonchev–Trinajstić information content (AvgIpc) is 2.84. The van der Waals surface area contributed by atoms with Gasteiger partial charge in [0.05, 0.1) is 26.4 Å². The highest BCUT2D eigenvalue weighted by atomic mass is 31.2. The molecule has 0 aliphatic carbocycles. The Morgan fingerprint density at radius 3 is 0.826 bits per heavy atom. The zero-order valence-electron chi connectivity index (χ0n) is 59.9. The monoisotopic (exact) mass is 1350 g/mol. The summed E-state index contributed by atoms with van der Waals surface area (Å²) < 4.78 is 68.3. The Hall–Kier alpha value is -1.94. The van der Waals surface area contributed by atoms with E-state index in [1.54, 1.807) is 0 Å². The number of esters is 4. The second kappa shape index (κ2) is 65.0. The normalized spacial score (nSPS) is 14.4. The molecule has 0 saturated heterocycles. The van der Waals surface area contributed by atoms with Gasteiger partial charge in [-0.25, -0.2) is 9.13 Å². The Kier molecular flexibility index (Phi) is 63.7. The van der Waals surface area contributed by atoms with E-state index in [1.165, 1.54) is 186 Å². The summed E-state index contributed by atoms with van der Waals surface area (Å²) >= 11 is 0. The van der Waals surface area contributed by atoms with Crippen molar-refractivity contribution in [1.82, 2.24) is 0 Å². The lowest BCUT2D eigenvalue weighted by Crippen LogP contribution is -2.30. The molecule has 3 unspecified atom stereocenters. The van der Waals surface area contributed by atoms with Crippen molar-refractivity contribution in [2.24, 2.45) is 11.8 Å². The molecule has 0 aromatic rings. The summed E-state index contributed by atoms with van der Waals surface area (Å²) in [7, 11) is -9.90. The molecule has 0 rings (SSSR count). The van der Waals surface area contributed by atoms with E-state index in [4.69, 9.17) is 37.0 Å². The largest absolute Gasteiger partial charge is 0.472 e. The Bertz CT molecular complexity index is 1790. The predicted molar refractivity (Wildman–Crippen MR) is 372 cm³/mol. The van der Waals surface area contributed by atoms with Crippen LogP contribution in [-0.2, 0) is 65.4 Å². The molecule has 546 valence electrons. The van der Waals surface area contributed by atoms with Crippen LogP contribution in [0, 0.1) is 11.8 Å². The van der Waals surface area contributed by atoms with Crippen molar-refractivity contribution in [3.63, 3.8) is 0 Å². The number of rotatable bonds is 72. The van der Waals surface area contributed by atoms with Gasteiger partial charge < -0.3 is 33.8 Å². The molecule has 92 heavy (non-hydrogen) atoms. The maximum atomic E-state index is 13.0. The summed E-state index contributed by atoms with van der Waals surface area (Å²) in [5.41, 5.74) is 0. The van der Waals surface area contributed by atoms with Crippen LogP contribution in [0.5, 0.6) is 0 Å². The number of phosphoric ester groups is 2.